The molecule has 184 valence electrons. The number of benzene rings is 1. The summed E-state index contributed by atoms with van der Waals surface area (Å²) >= 11 is 0. The number of likely N-dealkylation sites (tertiary alicyclic amines) is 1. The molecule has 1 spiro atoms. The SMILES string of the molecule is Cn1ccc2c(CN3CC4(CCC4)C3)cc(-c3ccc4c(c3)CN(C3CCC(=O)NC3=O)C4=O)nc21. The second-order valence-electron chi connectivity index (χ2n) is 11.1. The number of carbonyl (C=O) groups is 3. The number of pyridine rings is 1. The highest BCUT2D eigenvalue weighted by molar-refractivity contribution is 6.05. The minimum Gasteiger partial charge on any atom is -0.336 e. The first-order valence-corrected chi connectivity index (χ1v) is 12.8. The summed E-state index contributed by atoms with van der Waals surface area (Å²) in [6, 6.07) is 9.59. The molecule has 1 aliphatic carbocycles. The van der Waals surface area contributed by atoms with Gasteiger partial charge in [-0.05, 0) is 60.1 Å². The number of piperidine rings is 1. The van der Waals surface area contributed by atoms with E-state index in [9.17, 15) is 14.4 Å². The van der Waals surface area contributed by atoms with Crippen LogP contribution < -0.4 is 5.32 Å². The molecule has 1 atom stereocenters. The Morgan fingerprint density at radius 3 is 2.69 bits per heavy atom. The molecule has 4 aliphatic rings. The number of nitrogens with one attached hydrogen (secondary N) is 1. The lowest BCUT2D eigenvalue weighted by Crippen LogP contribution is -2.58. The predicted molar refractivity (Wildman–Crippen MR) is 134 cm³/mol. The number of amides is 3. The molecule has 7 rings (SSSR count). The van der Waals surface area contributed by atoms with Crippen LogP contribution >= 0.6 is 0 Å². The maximum Gasteiger partial charge on any atom is 0.255 e. The van der Waals surface area contributed by atoms with Gasteiger partial charge in [0.1, 0.15) is 11.7 Å². The lowest BCUT2D eigenvalue weighted by atomic mass is 9.63. The van der Waals surface area contributed by atoms with Crippen molar-refractivity contribution in [2.75, 3.05) is 13.1 Å². The van der Waals surface area contributed by atoms with Crippen LogP contribution in [0.5, 0.6) is 0 Å². The Morgan fingerprint density at radius 2 is 1.94 bits per heavy atom. The summed E-state index contributed by atoms with van der Waals surface area (Å²) in [6.07, 6.45) is 6.80. The van der Waals surface area contributed by atoms with Crippen molar-refractivity contribution in [3.05, 3.63) is 53.2 Å². The Morgan fingerprint density at radius 1 is 1.11 bits per heavy atom. The summed E-state index contributed by atoms with van der Waals surface area (Å²) in [5, 5.41) is 3.56. The average molecular weight is 484 g/mol. The fourth-order valence-corrected chi connectivity index (χ4v) is 6.56. The zero-order valence-corrected chi connectivity index (χ0v) is 20.4. The number of nitrogens with zero attached hydrogens (tertiary/aromatic N) is 4. The van der Waals surface area contributed by atoms with Gasteiger partial charge in [0, 0.05) is 62.4 Å². The van der Waals surface area contributed by atoms with Gasteiger partial charge in [0.15, 0.2) is 0 Å². The monoisotopic (exact) mass is 483 g/mol. The molecule has 0 radical (unpaired) electrons. The molecule has 36 heavy (non-hydrogen) atoms. The molecule has 2 saturated heterocycles. The molecule has 1 aromatic carbocycles. The molecule has 8 heteroatoms. The largest absolute Gasteiger partial charge is 0.336 e. The van der Waals surface area contributed by atoms with E-state index >= 15 is 0 Å². The third-order valence-corrected chi connectivity index (χ3v) is 8.67. The van der Waals surface area contributed by atoms with Gasteiger partial charge in [-0.3, -0.25) is 24.6 Å². The highest BCUT2D eigenvalue weighted by Crippen LogP contribution is 2.48. The van der Waals surface area contributed by atoms with Gasteiger partial charge in [0.25, 0.3) is 5.91 Å². The van der Waals surface area contributed by atoms with Crippen molar-refractivity contribution >= 4 is 28.8 Å². The van der Waals surface area contributed by atoms with Gasteiger partial charge < -0.3 is 9.47 Å². The van der Waals surface area contributed by atoms with Crippen molar-refractivity contribution in [3.8, 4) is 11.3 Å². The summed E-state index contributed by atoms with van der Waals surface area (Å²) in [6.45, 7) is 3.67. The van der Waals surface area contributed by atoms with E-state index < -0.39 is 6.04 Å². The number of imide groups is 1. The molecule has 3 fully saturated rings. The standard InChI is InChI=1S/C28H29N5O3/c1-31-10-7-20-19(13-32-15-28(16-32)8-2-9-28)12-22(29-25(20)31)17-3-4-21-18(11-17)14-33(27(21)36)23-5-6-24(34)30-26(23)35/h3-4,7,10-12,23H,2,5-6,8-9,13-16H2,1H3,(H,30,34,35). The predicted octanol–water partition coefficient (Wildman–Crippen LogP) is 2.99. The molecular weight excluding hydrogens is 454 g/mol. The molecule has 1 N–H and O–H groups in total. The Bertz CT molecular complexity index is 1440. The molecule has 3 aromatic rings. The van der Waals surface area contributed by atoms with Crippen molar-refractivity contribution < 1.29 is 14.4 Å². The number of carbonyl (C=O) groups excluding carboxylic acids is 3. The smallest absolute Gasteiger partial charge is 0.255 e. The number of rotatable bonds is 4. The highest BCUT2D eigenvalue weighted by Gasteiger charge is 2.47. The van der Waals surface area contributed by atoms with E-state index in [0.717, 1.165) is 29.0 Å². The summed E-state index contributed by atoms with van der Waals surface area (Å²) in [7, 11) is 2.02. The molecule has 2 aromatic heterocycles. The summed E-state index contributed by atoms with van der Waals surface area (Å²) in [5.74, 6) is -0.815. The number of hydrogen-bond acceptors (Lipinski definition) is 5. The first kappa shape index (κ1) is 21.7. The summed E-state index contributed by atoms with van der Waals surface area (Å²) in [4.78, 5) is 46.2. The molecule has 0 bridgehead atoms. The fourth-order valence-electron chi connectivity index (χ4n) is 6.56. The molecule has 3 aliphatic heterocycles. The van der Waals surface area contributed by atoms with Crippen LogP contribution in [-0.2, 0) is 29.7 Å². The number of aryl methyl sites for hydroxylation is 1. The van der Waals surface area contributed by atoms with Gasteiger partial charge in [0.2, 0.25) is 11.8 Å². The molecule has 1 unspecified atom stereocenters. The van der Waals surface area contributed by atoms with Crippen LogP contribution in [0.1, 0.15) is 53.6 Å². The van der Waals surface area contributed by atoms with Crippen molar-refractivity contribution in [3.63, 3.8) is 0 Å². The van der Waals surface area contributed by atoms with E-state index in [4.69, 9.17) is 4.98 Å². The summed E-state index contributed by atoms with van der Waals surface area (Å²) < 4.78 is 2.06. The van der Waals surface area contributed by atoms with Crippen molar-refractivity contribution in [1.82, 2.24) is 24.7 Å². The van der Waals surface area contributed by atoms with Crippen molar-refractivity contribution in [2.24, 2.45) is 12.5 Å². The minimum atomic E-state index is -0.606. The highest BCUT2D eigenvalue weighted by atomic mass is 16.2. The Balaban J connectivity index is 1.19. The van der Waals surface area contributed by atoms with E-state index in [1.54, 1.807) is 4.90 Å². The van der Waals surface area contributed by atoms with E-state index in [1.165, 1.54) is 43.3 Å². The van der Waals surface area contributed by atoms with E-state index in [0.29, 0.717) is 23.9 Å². The quantitative estimate of drug-likeness (QED) is 0.577. The van der Waals surface area contributed by atoms with Crippen LogP contribution in [0.2, 0.25) is 0 Å². The molecule has 5 heterocycles. The second kappa shape index (κ2) is 7.74. The fraction of sp³-hybridized carbons (Fsp3) is 0.429. The maximum absolute atomic E-state index is 13.1. The van der Waals surface area contributed by atoms with Crippen LogP contribution in [0.25, 0.3) is 22.3 Å². The third-order valence-electron chi connectivity index (χ3n) is 8.67. The van der Waals surface area contributed by atoms with Crippen molar-refractivity contribution in [1.29, 1.82) is 0 Å². The van der Waals surface area contributed by atoms with E-state index in [2.05, 4.69) is 33.1 Å². The van der Waals surface area contributed by atoms with Gasteiger partial charge in [-0.15, -0.1) is 0 Å². The van der Waals surface area contributed by atoms with Crippen LogP contribution in [0.4, 0.5) is 0 Å². The van der Waals surface area contributed by atoms with E-state index in [-0.39, 0.29) is 24.1 Å². The van der Waals surface area contributed by atoms with E-state index in [1.807, 2.05) is 25.2 Å². The minimum absolute atomic E-state index is 0.153. The van der Waals surface area contributed by atoms with Gasteiger partial charge in [-0.2, -0.15) is 0 Å². The molecular formula is C28H29N5O3. The first-order chi connectivity index (χ1) is 17.4. The first-order valence-electron chi connectivity index (χ1n) is 12.8. The summed E-state index contributed by atoms with van der Waals surface area (Å²) in [5.41, 5.74) is 6.21. The molecule has 1 saturated carbocycles. The molecule has 3 amide bonds. The zero-order chi connectivity index (χ0) is 24.6. The van der Waals surface area contributed by atoms with Crippen LogP contribution in [-0.4, -0.2) is 56.2 Å². The van der Waals surface area contributed by atoms with Crippen molar-refractivity contribution in [2.45, 2.75) is 51.2 Å². The van der Waals surface area contributed by atoms with Gasteiger partial charge in [-0.25, -0.2) is 4.98 Å². The maximum atomic E-state index is 13.1. The average Bonchev–Trinajstić information content (AvgIpc) is 3.34. The van der Waals surface area contributed by atoms with Crippen LogP contribution in [0.15, 0.2) is 36.5 Å². The Hall–Kier alpha value is -3.52. The van der Waals surface area contributed by atoms with Gasteiger partial charge in [0.05, 0.1) is 5.69 Å². The van der Waals surface area contributed by atoms with Gasteiger partial charge in [-0.1, -0.05) is 12.5 Å². The number of hydrogen-bond donors (Lipinski definition) is 1. The topological polar surface area (TPSA) is 87.5 Å². The number of fused-ring (bicyclic) bond motifs is 2. The third kappa shape index (κ3) is 3.31. The lowest BCUT2D eigenvalue weighted by molar-refractivity contribution is -0.136. The Labute approximate surface area is 209 Å². The zero-order valence-electron chi connectivity index (χ0n) is 20.4. The Kier molecular flexibility index (Phi) is 4.67. The number of aromatic nitrogens is 2. The lowest BCUT2D eigenvalue weighted by Gasteiger charge is -2.56. The van der Waals surface area contributed by atoms with Gasteiger partial charge >= 0.3 is 0 Å². The van der Waals surface area contributed by atoms with Crippen LogP contribution in [0, 0.1) is 5.41 Å². The second-order valence-corrected chi connectivity index (χ2v) is 11.1. The normalized spacial score (nSPS) is 23.1. The molecule has 8 nitrogen and oxygen atoms in total. The van der Waals surface area contributed by atoms with Crippen LogP contribution in [0.3, 0.4) is 0 Å².